The van der Waals surface area contributed by atoms with Gasteiger partial charge in [-0.15, -0.1) is 0 Å². The van der Waals surface area contributed by atoms with Gasteiger partial charge in [0.1, 0.15) is 11.3 Å². The number of nitrogens with zero attached hydrogens (tertiary/aromatic N) is 6. The third-order valence-electron chi connectivity index (χ3n) is 9.11. The molecule has 0 radical (unpaired) electrons. The second-order valence-corrected chi connectivity index (χ2v) is 12.2. The first-order chi connectivity index (χ1) is 22.7. The summed E-state index contributed by atoms with van der Waals surface area (Å²) in [4.78, 5) is 42.3. The number of morpholine rings is 1. The van der Waals surface area contributed by atoms with E-state index >= 15 is 0 Å². The predicted octanol–water partition coefficient (Wildman–Crippen LogP) is 4.67. The maximum absolute atomic E-state index is 12.6. The van der Waals surface area contributed by atoms with Gasteiger partial charge in [0.05, 0.1) is 29.9 Å². The van der Waals surface area contributed by atoms with Crippen LogP contribution in [0.5, 0.6) is 0 Å². The third kappa shape index (κ3) is 5.61. The highest BCUT2D eigenvalue weighted by Gasteiger charge is 2.40. The molecule has 2 aliphatic rings. The number of pyridine rings is 2. The van der Waals surface area contributed by atoms with Gasteiger partial charge in [0, 0.05) is 43.8 Å². The molecule has 0 bridgehead atoms. The first kappa shape index (κ1) is 30.2. The number of hydrogen-bond donors (Lipinski definition) is 3. The fourth-order valence-electron chi connectivity index (χ4n) is 6.48. The normalized spacial score (nSPS) is 17.2. The summed E-state index contributed by atoms with van der Waals surface area (Å²) in [5, 5.41) is 12.2. The topological polar surface area (TPSA) is 152 Å². The van der Waals surface area contributed by atoms with Crippen molar-refractivity contribution in [2.75, 3.05) is 44.4 Å². The van der Waals surface area contributed by atoms with E-state index in [4.69, 9.17) is 20.4 Å². The maximum atomic E-state index is 12.6. The molecule has 1 aliphatic carbocycles. The van der Waals surface area contributed by atoms with Crippen molar-refractivity contribution < 1.29 is 19.4 Å². The molecule has 2 fully saturated rings. The van der Waals surface area contributed by atoms with Gasteiger partial charge < -0.3 is 30.7 Å². The number of aromatic nitrogens is 4. The zero-order chi connectivity index (χ0) is 32.7. The van der Waals surface area contributed by atoms with E-state index in [0.717, 1.165) is 47.5 Å². The minimum absolute atomic E-state index is 0.0506. The molecule has 7 rings (SSSR count). The number of likely N-dealkylation sites (N-methyl/N-ethyl adjacent to an activating group) is 1. The first-order valence-electron chi connectivity index (χ1n) is 15.6. The quantitative estimate of drug-likeness (QED) is 0.232. The fourth-order valence-corrected chi connectivity index (χ4v) is 6.48. The second-order valence-electron chi connectivity index (χ2n) is 12.2. The van der Waals surface area contributed by atoms with Crippen LogP contribution in [0, 0.1) is 0 Å². The number of nitrogen functional groups attached to an aromatic ring is 1. The van der Waals surface area contributed by atoms with Gasteiger partial charge in [-0.25, -0.2) is 19.7 Å². The summed E-state index contributed by atoms with van der Waals surface area (Å²) in [5.41, 5.74) is 12.2. The molecule has 12 heteroatoms. The van der Waals surface area contributed by atoms with Crippen molar-refractivity contribution in [1.82, 2.24) is 29.7 Å². The third-order valence-corrected chi connectivity index (χ3v) is 9.11. The highest BCUT2D eigenvalue weighted by Crippen LogP contribution is 2.42. The summed E-state index contributed by atoms with van der Waals surface area (Å²) >= 11 is 0. The SMILES string of the molecule is CN(C)C(=O)C1CN(c2cccc(-c3ccc4nc(-c5cccnc5N)n(-c5ccc(C6(NC(=O)O)CCC6)cc5)c4n3)c2)CCO1. The molecule has 2 amide bonds. The lowest BCUT2D eigenvalue weighted by Crippen LogP contribution is -2.50. The molecule has 1 unspecified atom stereocenters. The van der Waals surface area contributed by atoms with E-state index in [-0.39, 0.29) is 5.91 Å². The number of rotatable bonds is 7. The average Bonchev–Trinajstić information content (AvgIpc) is 3.45. The number of nitrogens with one attached hydrogen (secondary N) is 1. The molecule has 1 aliphatic heterocycles. The zero-order valence-electron chi connectivity index (χ0n) is 26.3. The van der Waals surface area contributed by atoms with Crippen LogP contribution < -0.4 is 16.0 Å². The van der Waals surface area contributed by atoms with Gasteiger partial charge >= 0.3 is 6.09 Å². The van der Waals surface area contributed by atoms with Crippen molar-refractivity contribution >= 4 is 34.7 Å². The molecule has 240 valence electrons. The lowest BCUT2D eigenvalue weighted by atomic mass is 9.72. The Balaban J connectivity index is 1.29. The van der Waals surface area contributed by atoms with Crippen LogP contribution in [0.15, 0.2) is 79.0 Å². The van der Waals surface area contributed by atoms with E-state index < -0.39 is 17.7 Å². The summed E-state index contributed by atoms with van der Waals surface area (Å²) < 4.78 is 7.74. The summed E-state index contributed by atoms with van der Waals surface area (Å²) in [5.74, 6) is 0.901. The van der Waals surface area contributed by atoms with Gasteiger partial charge in [-0.1, -0.05) is 24.3 Å². The second kappa shape index (κ2) is 12.0. The Morgan fingerprint density at radius 3 is 2.53 bits per heavy atom. The van der Waals surface area contributed by atoms with E-state index in [1.54, 1.807) is 25.2 Å². The lowest BCUT2D eigenvalue weighted by Gasteiger charge is -2.42. The Labute approximate surface area is 271 Å². The van der Waals surface area contributed by atoms with E-state index in [0.29, 0.717) is 48.1 Å². The Morgan fingerprint density at radius 1 is 1.02 bits per heavy atom. The number of anilines is 2. The highest BCUT2D eigenvalue weighted by atomic mass is 16.5. The average molecular weight is 633 g/mol. The molecule has 1 saturated heterocycles. The number of nitrogens with two attached hydrogens (primary N) is 1. The lowest BCUT2D eigenvalue weighted by molar-refractivity contribution is -0.141. The molecule has 1 atom stereocenters. The van der Waals surface area contributed by atoms with Gasteiger partial charge in [-0.05, 0) is 73.4 Å². The molecule has 5 aromatic rings. The Morgan fingerprint density at radius 2 is 1.83 bits per heavy atom. The van der Waals surface area contributed by atoms with Crippen LogP contribution in [0.25, 0.3) is 39.5 Å². The van der Waals surface area contributed by atoms with Crippen LogP contribution >= 0.6 is 0 Å². The molecule has 2 aromatic carbocycles. The smallest absolute Gasteiger partial charge is 0.405 e. The van der Waals surface area contributed by atoms with Gasteiger partial charge in [0.25, 0.3) is 5.91 Å². The molecule has 4 heterocycles. The van der Waals surface area contributed by atoms with Crippen molar-refractivity contribution in [2.24, 2.45) is 0 Å². The summed E-state index contributed by atoms with van der Waals surface area (Å²) in [7, 11) is 3.48. The molecular weight excluding hydrogens is 596 g/mol. The highest BCUT2D eigenvalue weighted by molar-refractivity contribution is 5.85. The van der Waals surface area contributed by atoms with Gasteiger partial charge in [0.2, 0.25) is 0 Å². The van der Waals surface area contributed by atoms with E-state index in [2.05, 4.69) is 21.3 Å². The van der Waals surface area contributed by atoms with Gasteiger partial charge in [0.15, 0.2) is 17.6 Å². The predicted molar refractivity (Wildman–Crippen MR) is 179 cm³/mol. The molecule has 3 aromatic heterocycles. The van der Waals surface area contributed by atoms with E-state index in [1.807, 2.05) is 71.3 Å². The van der Waals surface area contributed by atoms with Crippen molar-refractivity contribution in [2.45, 2.75) is 30.9 Å². The number of amides is 2. The Bertz CT molecular complexity index is 1970. The van der Waals surface area contributed by atoms with Crippen LogP contribution in [0.4, 0.5) is 16.3 Å². The van der Waals surface area contributed by atoms with E-state index in [1.165, 1.54) is 0 Å². The Hall–Kier alpha value is -5.49. The molecule has 0 spiro atoms. The summed E-state index contributed by atoms with van der Waals surface area (Å²) in [6, 6.07) is 23.6. The van der Waals surface area contributed by atoms with Crippen LogP contribution in [0.2, 0.25) is 0 Å². The first-order valence-corrected chi connectivity index (χ1v) is 15.6. The molecule has 4 N–H and O–H groups in total. The largest absolute Gasteiger partial charge is 0.465 e. The summed E-state index contributed by atoms with van der Waals surface area (Å²) in [6.45, 7) is 1.61. The number of imidazole rings is 1. The zero-order valence-corrected chi connectivity index (χ0v) is 26.3. The molecule has 1 saturated carbocycles. The Kier molecular flexibility index (Phi) is 7.72. The standard InChI is InChI=1S/C35H36N8O4/c1-41(2)33(44)29-21-42(18-19-47-29)25-7-3-6-22(20-25)27-13-14-28-32(38-27)43(31(39-28)26-8-4-17-37-30(26)36)24-11-9-23(10-12-24)35(15-5-16-35)40-34(45)46/h3-4,6-14,17,20,29,40H,5,15-16,18-19,21H2,1-2H3,(H2,36,37)(H,45,46). The molecule has 12 nitrogen and oxygen atoms in total. The number of carbonyl (C=O) groups is 2. The van der Waals surface area contributed by atoms with Crippen molar-refractivity contribution in [3.8, 4) is 28.3 Å². The van der Waals surface area contributed by atoms with Gasteiger partial charge in [-0.2, -0.15) is 0 Å². The number of ether oxygens (including phenoxy) is 1. The minimum Gasteiger partial charge on any atom is -0.465 e. The number of benzene rings is 2. The number of hydrogen-bond acceptors (Lipinski definition) is 8. The number of carboxylic acid groups (broad SMARTS) is 1. The maximum Gasteiger partial charge on any atom is 0.405 e. The van der Waals surface area contributed by atoms with Crippen LogP contribution in [-0.4, -0.2) is 81.4 Å². The van der Waals surface area contributed by atoms with Crippen molar-refractivity contribution in [3.63, 3.8) is 0 Å². The summed E-state index contributed by atoms with van der Waals surface area (Å²) in [6.07, 6.45) is 2.57. The monoisotopic (exact) mass is 632 g/mol. The molecule has 47 heavy (non-hydrogen) atoms. The van der Waals surface area contributed by atoms with Gasteiger partial charge in [-0.3, -0.25) is 9.36 Å². The number of fused-ring (bicyclic) bond motifs is 1. The van der Waals surface area contributed by atoms with Crippen LogP contribution in [-0.2, 0) is 15.1 Å². The van der Waals surface area contributed by atoms with Crippen molar-refractivity contribution in [1.29, 1.82) is 0 Å². The molecular formula is C35H36N8O4. The number of carbonyl (C=O) groups excluding carboxylic acids is 1. The van der Waals surface area contributed by atoms with Crippen LogP contribution in [0.1, 0.15) is 24.8 Å². The van der Waals surface area contributed by atoms with Crippen molar-refractivity contribution in [3.05, 3.63) is 84.6 Å². The van der Waals surface area contributed by atoms with Crippen LogP contribution in [0.3, 0.4) is 0 Å². The minimum atomic E-state index is -1.03. The fraction of sp³-hybridized carbons (Fsp3) is 0.286. The van der Waals surface area contributed by atoms with E-state index in [9.17, 15) is 14.7 Å².